The Balaban J connectivity index is 1.97. The maximum atomic E-state index is 12.1. The lowest BCUT2D eigenvalue weighted by Crippen LogP contribution is -2.37. The summed E-state index contributed by atoms with van der Waals surface area (Å²) in [5, 5.41) is 0. The van der Waals surface area contributed by atoms with E-state index in [2.05, 4.69) is 16.6 Å². The van der Waals surface area contributed by atoms with Gasteiger partial charge in [0.25, 0.3) is 0 Å². The third-order valence-electron chi connectivity index (χ3n) is 4.26. The number of alkyl halides is 2. The van der Waals surface area contributed by atoms with Crippen molar-refractivity contribution in [1.82, 2.24) is 4.90 Å². The van der Waals surface area contributed by atoms with Crippen LogP contribution in [0, 0.1) is 5.92 Å². The molecule has 2 N–H and O–H groups in total. The molecule has 0 aromatic heterocycles. The second-order valence-corrected chi connectivity index (χ2v) is 5.70. The van der Waals surface area contributed by atoms with Crippen molar-refractivity contribution in [2.24, 2.45) is 11.7 Å². The fraction of sp³-hybridized carbons (Fsp3) is 0.625. The molecule has 2 atom stereocenters. The van der Waals surface area contributed by atoms with Gasteiger partial charge in [-0.05, 0) is 62.9 Å². The predicted octanol–water partition coefficient (Wildman–Crippen LogP) is 3.41. The number of rotatable bonds is 6. The number of nitrogens with two attached hydrogens (primary N) is 1. The number of hydrogen-bond acceptors (Lipinski definition) is 3. The van der Waals surface area contributed by atoms with Crippen molar-refractivity contribution >= 4 is 0 Å². The number of nitrogens with zero attached hydrogens (tertiary/aromatic N) is 1. The summed E-state index contributed by atoms with van der Waals surface area (Å²) < 4.78 is 28.7. The van der Waals surface area contributed by atoms with Crippen molar-refractivity contribution in [3.05, 3.63) is 29.8 Å². The molecule has 118 valence electrons. The highest BCUT2D eigenvalue weighted by atomic mass is 19.3. The monoisotopic (exact) mass is 298 g/mol. The zero-order valence-electron chi connectivity index (χ0n) is 12.5. The quantitative estimate of drug-likeness (QED) is 0.874. The van der Waals surface area contributed by atoms with E-state index in [9.17, 15) is 8.78 Å². The van der Waals surface area contributed by atoms with Crippen LogP contribution in [-0.4, -0.2) is 31.1 Å². The lowest BCUT2D eigenvalue weighted by molar-refractivity contribution is -0.0498. The van der Waals surface area contributed by atoms with Crippen LogP contribution in [-0.2, 0) is 0 Å². The Morgan fingerprint density at radius 1 is 1.33 bits per heavy atom. The van der Waals surface area contributed by atoms with Gasteiger partial charge in [-0.3, -0.25) is 4.90 Å². The minimum Gasteiger partial charge on any atom is -0.435 e. The Kier molecular flexibility index (Phi) is 5.94. The zero-order chi connectivity index (χ0) is 15.2. The Hall–Kier alpha value is -1.20. The Morgan fingerprint density at radius 2 is 2.05 bits per heavy atom. The van der Waals surface area contributed by atoms with Crippen LogP contribution in [0.3, 0.4) is 0 Å². The molecule has 0 amide bonds. The molecular weight excluding hydrogens is 274 g/mol. The molecule has 1 aromatic carbocycles. The van der Waals surface area contributed by atoms with Crippen LogP contribution in [0.15, 0.2) is 24.3 Å². The predicted molar refractivity (Wildman–Crippen MR) is 79.5 cm³/mol. The second kappa shape index (κ2) is 7.71. The molecule has 0 radical (unpaired) electrons. The molecule has 21 heavy (non-hydrogen) atoms. The third-order valence-corrected chi connectivity index (χ3v) is 4.26. The van der Waals surface area contributed by atoms with Gasteiger partial charge in [0.05, 0.1) is 0 Å². The summed E-state index contributed by atoms with van der Waals surface area (Å²) in [4.78, 5) is 2.45. The van der Waals surface area contributed by atoms with E-state index in [1.54, 1.807) is 12.1 Å². The fourth-order valence-corrected chi connectivity index (χ4v) is 3.06. The largest absolute Gasteiger partial charge is 0.435 e. The van der Waals surface area contributed by atoms with Gasteiger partial charge in [-0.15, -0.1) is 0 Å². The molecule has 0 saturated carbocycles. The van der Waals surface area contributed by atoms with Crippen LogP contribution in [0.2, 0.25) is 0 Å². The van der Waals surface area contributed by atoms with Gasteiger partial charge in [-0.1, -0.05) is 12.1 Å². The zero-order valence-corrected chi connectivity index (χ0v) is 12.5. The summed E-state index contributed by atoms with van der Waals surface area (Å²) in [6, 6.07) is 7.24. The minimum atomic E-state index is -2.77. The molecule has 0 spiro atoms. The van der Waals surface area contributed by atoms with Crippen molar-refractivity contribution in [1.29, 1.82) is 0 Å². The van der Waals surface area contributed by atoms with E-state index < -0.39 is 6.61 Å². The second-order valence-electron chi connectivity index (χ2n) is 5.70. The highest BCUT2D eigenvalue weighted by Crippen LogP contribution is 2.28. The molecule has 1 aromatic rings. The Labute approximate surface area is 125 Å². The summed E-state index contributed by atoms with van der Waals surface area (Å²) in [5.41, 5.74) is 6.78. The first-order chi connectivity index (χ1) is 10.1. The summed E-state index contributed by atoms with van der Waals surface area (Å²) in [6.45, 7) is 2.28. The number of ether oxygens (including phenoxy) is 1. The lowest BCUT2D eigenvalue weighted by atomic mass is 9.93. The molecule has 1 heterocycles. The normalized spacial score (nSPS) is 21.5. The Bertz CT molecular complexity index is 423. The standard InChI is InChI=1S/C16H24F2N2O/c1-12(20-10-2-3-13(11-20)8-9-19)14-4-6-15(7-5-14)21-16(17)18/h4-7,12-13,16H,2-3,8-11,19H2,1H3. The molecule has 2 rings (SSSR count). The average molecular weight is 298 g/mol. The van der Waals surface area contributed by atoms with Crippen molar-refractivity contribution in [3.8, 4) is 5.75 Å². The van der Waals surface area contributed by atoms with Crippen molar-refractivity contribution < 1.29 is 13.5 Å². The SMILES string of the molecule is CC(c1ccc(OC(F)F)cc1)N1CCCC(CCN)C1. The molecule has 2 unspecified atom stereocenters. The van der Waals surface area contributed by atoms with Crippen LogP contribution in [0.25, 0.3) is 0 Å². The van der Waals surface area contributed by atoms with Crippen LogP contribution in [0.4, 0.5) is 8.78 Å². The van der Waals surface area contributed by atoms with E-state index in [4.69, 9.17) is 5.73 Å². The summed E-state index contributed by atoms with van der Waals surface area (Å²) in [7, 11) is 0. The molecule has 0 bridgehead atoms. The molecule has 5 heteroatoms. The molecule has 1 saturated heterocycles. The maximum absolute atomic E-state index is 12.1. The first-order valence-corrected chi connectivity index (χ1v) is 7.59. The molecule has 1 aliphatic rings. The van der Waals surface area contributed by atoms with Gasteiger partial charge < -0.3 is 10.5 Å². The smallest absolute Gasteiger partial charge is 0.387 e. The number of halogens is 2. The van der Waals surface area contributed by atoms with Gasteiger partial charge in [0.15, 0.2) is 0 Å². The third kappa shape index (κ3) is 4.64. The van der Waals surface area contributed by atoms with E-state index in [1.807, 2.05) is 12.1 Å². The van der Waals surface area contributed by atoms with E-state index in [-0.39, 0.29) is 11.8 Å². The van der Waals surface area contributed by atoms with Crippen LogP contribution >= 0.6 is 0 Å². The maximum Gasteiger partial charge on any atom is 0.387 e. The summed E-state index contributed by atoms with van der Waals surface area (Å²) >= 11 is 0. The fourth-order valence-electron chi connectivity index (χ4n) is 3.06. The molecule has 1 fully saturated rings. The van der Waals surface area contributed by atoms with E-state index >= 15 is 0 Å². The molecule has 3 nitrogen and oxygen atoms in total. The van der Waals surface area contributed by atoms with Gasteiger partial charge >= 0.3 is 6.61 Å². The van der Waals surface area contributed by atoms with Gasteiger partial charge in [0.1, 0.15) is 5.75 Å². The van der Waals surface area contributed by atoms with Crippen LogP contribution in [0.5, 0.6) is 5.75 Å². The topological polar surface area (TPSA) is 38.5 Å². The van der Waals surface area contributed by atoms with Gasteiger partial charge in [-0.2, -0.15) is 8.78 Å². The van der Waals surface area contributed by atoms with E-state index in [0.29, 0.717) is 5.92 Å². The minimum absolute atomic E-state index is 0.209. The van der Waals surface area contributed by atoms with Crippen molar-refractivity contribution in [2.45, 2.75) is 38.8 Å². The number of likely N-dealkylation sites (tertiary alicyclic amines) is 1. The van der Waals surface area contributed by atoms with Gasteiger partial charge in [0, 0.05) is 12.6 Å². The van der Waals surface area contributed by atoms with Gasteiger partial charge in [-0.25, -0.2) is 0 Å². The number of hydrogen-bond donors (Lipinski definition) is 1. The first-order valence-electron chi connectivity index (χ1n) is 7.59. The molecule has 0 aliphatic carbocycles. The number of benzene rings is 1. The summed E-state index contributed by atoms with van der Waals surface area (Å²) in [5.74, 6) is 0.883. The van der Waals surface area contributed by atoms with Crippen LogP contribution in [0.1, 0.15) is 37.8 Å². The summed E-state index contributed by atoms with van der Waals surface area (Å²) in [6.07, 6.45) is 3.52. The highest BCUT2D eigenvalue weighted by molar-refractivity contribution is 5.29. The molecular formula is C16H24F2N2O. The van der Waals surface area contributed by atoms with Gasteiger partial charge in [0.2, 0.25) is 0 Å². The van der Waals surface area contributed by atoms with E-state index in [1.165, 1.54) is 12.8 Å². The Morgan fingerprint density at radius 3 is 2.67 bits per heavy atom. The number of piperidine rings is 1. The van der Waals surface area contributed by atoms with Crippen molar-refractivity contribution in [3.63, 3.8) is 0 Å². The average Bonchev–Trinajstić information content (AvgIpc) is 2.47. The molecule has 1 aliphatic heterocycles. The highest BCUT2D eigenvalue weighted by Gasteiger charge is 2.23. The van der Waals surface area contributed by atoms with E-state index in [0.717, 1.165) is 31.6 Å². The van der Waals surface area contributed by atoms with Crippen molar-refractivity contribution in [2.75, 3.05) is 19.6 Å². The lowest BCUT2D eigenvalue weighted by Gasteiger charge is -2.37. The van der Waals surface area contributed by atoms with Crippen LogP contribution < -0.4 is 10.5 Å². The first kappa shape index (κ1) is 16.2.